The van der Waals surface area contributed by atoms with Gasteiger partial charge in [0, 0.05) is 31.8 Å². The molecule has 17 heavy (non-hydrogen) atoms. The van der Waals surface area contributed by atoms with Crippen molar-refractivity contribution < 1.29 is 13.9 Å². The molecule has 0 bridgehead atoms. The number of rotatable bonds is 6. The van der Waals surface area contributed by atoms with Gasteiger partial charge in [-0.05, 0) is 19.9 Å². The lowest BCUT2D eigenvalue weighted by atomic mass is 10.1. The van der Waals surface area contributed by atoms with E-state index in [9.17, 15) is 4.39 Å². The lowest BCUT2D eigenvalue weighted by molar-refractivity contribution is 0.00471. The topological polar surface area (TPSA) is 57.4 Å². The molecule has 0 saturated heterocycles. The van der Waals surface area contributed by atoms with Gasteiger partial charge in [-0.15, -0.1) is 0 Å². The number of halogens is 1. The molecule has 96 valence electrons. The summed E-state index contributed by atoms with van der Waals surface area (Å²) in [6, 6.07) is 1.54. The van der Waals surface area contributed by atoms with E-state index in [0.717, 1.165) is 0 Å². The zero-order valence-corrected chi connectivity index (χ0v) is 10.5. The Hall–Kier alpha value is -1.20. The van der Waals surface area contributed by atoms with E-state index in [1.54, 1.807) is 13.2 Å². The van der Waals surface area contributed by atoms with E-state index in [-0.39, 0.29) is 18.0 Å². The SMILES string of the molecule is COC(C)(C)CCOc1nccc(CN)c1F. The molecule has 0 spiro atoms. The second-order valence-corrected chi connectivity index (χ2v) is 4.36. The molecule has 0 aliphatic heterocycles. The highest BCUT2D eigenvalue weighted by molar-refractivity contribution is 5.23. The van der Waals surface area contributed by atoms with Crippen LogP contribution in [-0.4, -0.2) is 24.3 Å². The fourth-order valence-electron chi connectivity index (χ4n) is 1.22. The Morgan fingerprint density at radius 3 is 2.76 bits per heavy atom. The molecule has 2 N–H and O–H groups in total. The minimum atomic E-state index is -0.481. The predicted octanol–water partition coefficient (Wildman–Crippen LogP) is 1.87. The number of nitrogens with two attached hydrogens (primary N) is 1. The summed E-state index contributed by atoms with van der Waals surface area (Å²) in [4.78, 5) is 3.84. The average molecular weight is 242 g/mol. The Bertz CT molecular complexity index is 370. The molecule has 0 atom stereocenters. The van der Waals surface area contributed by atoms with Crippen molar-refractivity contribution >= 4 is 0 Å². The van der Waals surface area contributed by atoms with Crippen LogP contribution in [0.2, 0.25) is 0 Å². The van der Waals surface area contributed by atoms with Gasteiger partial charge in [0.2, 0.25) is 0 Å². The van der Waals surface area contributed by atoms with Crippen LogP contribution in [0, 0.1) is 5.82 Å². The number of ether oxygens (including phenoxy) is 2. The lowest BCUT2D eigenvalue weighted by Gasteiger charge is -2.22. The number of pyridine rings is 1. The molecule has 0 aliphatic rings. The molecule has 1 heterocycles. The van der Waals surface area contributed by atoms with Gasteiger partial charge >= 0.3 is 0 Å². The number of hydrogen-bond donors (Lipinski definition) is 1. The van der Waals surface area contributed by atoms with Crippen LogP contribution >= 0.6 is 0 Å². The van der Waals surface area contributed by atoms with Crippen molar-refractivity contribution in [3.05, 3.63) is 23.6 Å². The van der Waals surface area contributed by atoms with E-state index in [4.69, 9.17) is 15.2 Å². The second-order valence-electron chi connectivity index (χ2n) is 4.36. The lowest BCUT2D eigenvalue weighted by Crippen LogP contribution is -2.25. The average Bonchev–Trinajstić information content (AvgIpc) is 2.31. The van der Waals surface area contributed by atoms with Crippen LogP contribution in [-0.2, 0) is 11.3 Å². The highest BCUT2D eigenvalue weighted by Gasteiger charge is 2.17. The van der Waals surface area contributed by atoms with Crippen molar-refractivity contribution in [3.8, 4) is 5.88 Å². The molecular formula is C12H19FN2O2. The standard InChI is InChI=1S/C12H19FN2O2/c1-12(2,16-3)5-7-17-11-10(13)9(8-14)4-6-15-11/h4,6H,5,7-8,14H2,1-3H3. The van der Waals surface area contributed by atoms with E-state index < -0.39 is 5.82 Å². The van der Waals surface area contributed by atoms with E-state index in [1.807, 2.05) is 13.8 Å². The van der Waals surface area contributed by atoms with Crippen LogP contribution in [0.4, 0.5) is 4.39 Å². The van der Waals surface area contributed by atoms with Crippen molar-refractivity contribution in [1.82, 2.24) is 4.98 Å². The summed E-state index contributed by atoms with van der Waals surface area (Å²) < 4.78 is 24.2. The molecule has 1 aromatic heterocycles. The molecule has 0 aliphatic carbocycles. The second kappa shape index (κ2) is 5.93. The summed E-state index contributed by atoms with van der Waals surface area (Å²) in [7, 11) is 1.63. The van der Waals surface area contributed by atoms with Gasteiger partial charge in [-0.3, -0.25) is 0 Å². The van der Waals surface area contributed by atoms with Crippen LogP contribution in [0.1, 0.15) is 25.8 Å². The van der Waals surface area contributed by atoms with Crippen molar-refractivity contribution in [2.45, 2.75) is 32.4 Å². The normalized spacial score (nSPS) is 11.6. The van der Waals surface area contributed by atoms with Crippen LogP contribution in [0.25, 0.3) is 0 Å². The number of nitrogens with zero attached hydrogens (tertiary/aromatic N) is 1. The first kappa shape index (κ1) is 13.9. The van der Waals surface area contributed by atoms with Crippen LogP contribution in [0.5, 0.6) is 5.88 Å². The Morgan fingerprint density at radius 1 is 1.47 bits per heavy atom. The van der Waals surface area contributed by atoms with Crippen molar-refractivity contribution in [3.63, 3.8) is 0 Å². The Kier molecular flexibility index (Phi) is 4.84. The first-order valence-electron chi connectivity index (χ1n) is 5.51. The summed E-state index contributed by atoms with van der Waals surface area (Å²) in [6.45, 7) is 4.36. The highest BCUT2D eigenvalue weighted by Crippen LogP contribution is 2.19. The smallest absolute Gasteiger partial charge is 0.250 e. The van der Waals surface area contributed by atoms with Gasteiger partial charge < -0.3 is 15.2 Å². The Labute approximate surface area is 101 Å². The Balaban J connectivity index is 2.58. The minimum absolute atomic E-state index is 0.000136. The van der Waals surface area contributed by atoms with E-state index in [0.29, 0.717) is 18.6 Å². The molecule has 0 saturated carbocycles. The van der Waals surface area contributed by atoms with Crippen LogP contribution in [0.15, 0.2) is 12.3 Å². The molecule has 1 rings (SSSR count). The molecule has 1 aromatic rings. The van der Waals surface area contributed by atoms with E-state index in [1.165, 1.54) is 6.20 Å². The first-order chi connectivity index (χ1) is 8.00. The molecular weight excluding hydrogens is 223 g/mol. The summed E-state index contributed by atoms with van der Waals surface area (Å²) in [5.41, 5.74) is 5.51. The monoisotopic (exact) mass is 242 g/mol. The van der Waals surface area contributed by atoms with Gasteiger partial charge in [0.05, 0.1) is 12.2 Å². The van der Waals surface area contributed by atoms with Gasteiger partial charge in [0.15, 0.2) is 5.82 Å². The minimum Gasteiger partial charge on any atom is -0.475 e. The summed E-state index contributed by atoms with van der Waals surface area (Å²) in [5.74, 6) is -0.481. The Morgan fingerprint density at radius 2 is 2.18 bits per heavy atom. The van der Waals surface area contributed by atoms with E-state index >= 15 is 0 Å². The van der Waals surface area contributed by atoms with Crippen molar-refractivity contribution in [2.75, 3.05) is 13.7 Å². The molecule has 4 nitrogen and oxygen atoms in total. The van der Waals surface area contributed by atoms with Gasteiger partial charge in [-0.2, -0.15) is 0 Å². The maximum Gasteiger partial charge on any atom is 0.250 e. The maximum absolute atomic E-state index is 13.7. The zero-order chi connectivity index (χ0) is 12.9. The number of aromatic nitrogens is 1. The quantitative estimate of drug-likeness (QED) is 0.827. The van der Waals surface area contributed by atoms with Crippen molar-refractivity contribution in [1.29, 1.82) is 0 Å². The molecule has 0 unspecified atom stereocenters. The first-order valence-corrected chi connectivity index (χ1v) is 5.51. The fraction of sp³-hybridized carbons (Fsp3) is 0.583. The maximum atomic E-state index is 13.7. The van der Waals surface area contributed by atoms with Gasteiger partial charge in [-0.25, -0.2) is 9.37 Å². The highest BCUT2D eigenvalue weighted by atomic mass is 19.1. The van der Waals surface area contributed by atoms with Gasteiger partial charge in [-0.1, -0.05) is 0 Å². The summed E-state index contributed by atoms with van der Waals surface area (Å²) in [5, 5.41) is 0. The third kappa shape index (κ3) is 3.94. The zero-order valence-electron chi connectivity index (χ0n) is 10.5. The predicted molar refractivity (Wildman–Crippen MR) is 63.3 cm³/mol. The van der Waals surface area contributed by atoms with Crippen LogP contribution in [0.3, 0.4) is 0 Å². The van der Waals surface area contributed by atoms with Gasteiger partial charge in [0.1, 0.15) is 0 Å². The molecule has 0 radical (unpaired) electrons. The largest absolute Gasteiger partial charge is 0.475 e. The molecule has 0 aromatic carbocycles. The summed E-state index contributed by atoms with van der Waals surface area (Å²) >= 11 is 0. The third-order valence-electron chi connectivity index (χ3n) is 2.65. The molecule has 5 heteroatoms. The van der Waals surface area contributed by atoms with E-state index in [2.05, 4.69) is 4.98 Å². The van der Waals surface area contributed by atoms with Gasteiger partial charge in [0.25, 0.3) is 5.88 Å². The fourth-order valence-corrected chi connectivity index (χ4v) is 1.22. The molecule has 0 amide bonds. The molecule has 0 fully saturated rings. The van der Waals surface area contributed by atoms with Crippen molar-refractivity contribution in [2.24, 2.45) is 5.73 Å². The third-order valence-corrected chi connectivity index (χ3v) is 2.65. The number of hydrogen-bond acceptors (Lipinski definition) is 4. The summed E-state index contributed by atoms with van der Waals surface area (Å²) in [6.07, 6.45) is 2.14. The van der Waals surface area contributed by atoms with Crippen LogP contribution < -0.4 is 10.5 Å². The number of methoxy groups -OCH3 is 1.